The second-order valence-corrected chi connectivity index (χ2v) is 6.77. The van der Waals surface area contributed by atoms with E-state index in [2.05, 4.69) is 10.3 Å². The number of rotatable bonds is 4. The lowest BCUT2D eigenvalue weighted by molar-refractivity contribution is 0.0860. The molecule has 2 aromatic heterocycles. The number of furan rings is 1. The number of fused-ring (bicyclic) bond motifs is 2. The van der Waals surface area contributed by atoms with Crippen molar-refractivity contribution in [2.75, 3.05) is 6.61 Å². The number of aromatic nitrogens is 1. The van der Waals surface area contributed by atoms with Gasteiger partial charge in [0.2, 0.25) is 0 Å². The predicted octanol–water partition coefficient (Wildman–Crippen LogP) is 1.77. The minimum atomic E-state index is -0.440. The molecule has 0 spiro atoms. The van der Waals surface area contributed by atoms with Gasteiger partial charge in [-0.15, -0.1) is 0 Å². The second-order valence-electron chi connectivity index (χ2n) is 6.77. The quantitative estimate of drug-likeness (QED) is 0.797. The number of carbonyl (C=O) groups excluding carboxylic acids is 1. The maximum atomic E-state index is 12.5. The van der Waals surface area contributed by atoms with Crippen molar-refractivity contribution in [3.63, 3.8) is 0 Å². The summed E-state index contributed by atoms with van der Waals surface area (Å²) in [7, 11) is 0. The third kappa shape index (κ3) is 2.47. The Morgan fingerprint density at radius 1 is 1.29 bits per heavy atom. The predicted molar refractivity (Wildman–Crippen MR) is 87.4 cm³/mol. The summed E-state index contributed by atoms with van der Waals surface area (Å²) in [4.78, 5) is 27.5. The van der Waals surface area contributed by atoms with Gasteiger partial charge in [0.1, 0.15) is 11.3 Å². The highest BCUT2D eigenvalue weighted by Gasteiger charge is 2.47. The molecule has 6 heteroatoms. The summed E-state index contributed by atoms with van der Waals surface area (Å²) in [6.07, 6.45) is 4.79. The van der Waals surface area contributed by atoms with Gasteiger partial charge in [0.05, 0.1) is 12.0 Å². The third-order valence-electron chi connectivity index (χ3n) is 5.54. The highest BCUT2D eigenvalue weighted by Crippen LogP contribution is 2.48. The van der Waals surface area contributed by atoms with Gasteiger partial charge in [-0.05, 0) is 55.4 Å². The summed E-state index contributed by atoms with van der Waals surface area (Å²) in [5.41, 5.74) is 0.185. The van der Waals surface area contributed by atoms with Gasteiger partial charge in [-0.1, -0.05) is 0 Å². The average molecular weight is 328 g/mol. The zero-order chi connectivity index (χ0) is 16.7. The average Bonchev–Trinajstić information content (AvgIpc) is 3.31. The molecule has 4 rings (SSSR count). The van der Waals surface area contributed by atoms with Gasteiger partial charge < -0.3 is 19.8 Å². The van der Waals surface area contributed by atoms with Crippen molar-refractivity contribution < 1.29 is 14.3 Å². The van der Waals surface area contributed by atoms with Crippen LogP contribution in [-0.4, -0.2) is 28.6 Å². The summed E-state index contributed by atoms with van der Waals surface area (Å²) < 4.78 is 5.25. The van der Waals surface area contributed by atoms with E-state index in [-0.39, 0.29) is 30.0 Å². The Labute approximate surface area is 138 Å². The van der Waals surface area contributed by atoms with Crippen LogP contribution < -0.4 is 10.9 Å². The van der Waals surface area contributed by atoms with Gasteiger partial charge in [-0.3, -0.25) is 9.59 Å². The first kappa shape index (κ1) is 15.2. The van der Waals surface area contributed by atoms with Crippen molar-refractivity contribution in [3.05, 3.63) is 46.4 Å². The summed E-state index contributed by atoms with van der Waals surface area (Å²) in [6.45, 7) is 0.0832. The summed E-state index contributed by atoms with van der Waals surface area (Å²) >= 11 is 0. The van der Waals surface area contributed by atoms with Crippen molar-refractivity contribution in [3.8, 4) is 11.5 Å². The van der Waals surface area contributed by atoms with E-state index in [9.17, 15) is 14.7 Å². The van der Waals surface area contributed by atoms with Crippen LogP contribution in [0.4, 0.5) is 0 Å². The molecule has 2 heterocycles. The van der Waals surface area contributed by atoms with Crippen molar-refractivity contribution in [1.29, 1.82) is 0 Å². The molecule has 4 unspecified atom stereocenters. The molecule has 2 aromatic rings. The number of aliphatic hydroxyl groups is 1. The molecular formula is C18H20N2O4. The molecule has 4 atom stereocenters. The number of amides is 1. The maximum absolute atomic E-state index is 12.5. The summed E-state index contributed by atoms with van der Waals surface area (Å²) in [6, 6.07) is 6.63. The molecule has 2 fully saturated rings. The second kappa shape index (κ2) is 5.94. The fourth-order valence-corrected chi connectivity index (χ4v) is 4.36. The van der Waals surface area contributed by atoms with Crippen LogP contribution >= 0.6 is 0 Å². The van der Waals surface area contributed by atoms with Crippen molar-refractivity contribution >= 4 is 5.91 Å². The number of hydrogen-bond acceptors (Lipinski definition) is 4. The van der Waals surface area contributed by atoms with Gasteiger partial charge in [0.15, 0.2) is 0 Å². The molecule has 24 heavy (non-hydrogen) atoms. The van der Waals surface area contributed by atoms with Crippen LogP contribution in [-0.2, 0) is 0 Å². The Bertz CT molecular complexity index is 796. The molecule has 126 valence electrons. The third-order valence-corrected chi connectivity index (χ3v) is 5.54. The highest BCUT2D eigenvalue weighted by atomic mass is 16.3. The lowest BCUT2D eigenvalue weighted by atomic mass is 9.85. The molecule has 6 nitrogen and oxygen atoms in total. The first-order valence-corrected chi connectivity index (χ1v) is 8.36. The van der Waals surface area contributed by atoms with Gasteiger partial charge in [0.25, 0.3) is 11.5 Å². The molecule has 2 aliphatic rings. The molecule has 2 saturated carbocycles. The topological polar surface area (TPSA) is 95.3 Å². The van der Waals surface area contributed by atoms with Gasteiger partial charge in [0, 0.05) is 18.6 Å². The molecular weight excluding hydrogens is 308 g/mol. The van der Waals surface area contributed by atoms with Gasteiger partial charge in [-0.2, -0.15) is 0 Å². The normalized spacial score (nSPS) is 28.2. The van der Waals surface area contributed by atoms with Crippen LogP contribution in [0.25, 0.3) is 11.5 Å². The zero-order valence-corrected chi connectivity index (χ0v) is 13.2. The first-order chi connectivity index (χ1) is 11.7. The van der Waals surface area contributed by atoms with E-state index in [0.717, 1.165) is 19.3 Å². The van der Waals surface area contributed by atoms with E-state index in [1.165, 1.54) is 12.3 Å². The molecule has 2 aliphatic carbocycles. The van der Waals surface area contributed by atoms with Gasteiger partial charge in [-0.25, -0.2) is 0 Å². The van der Waals surface area contributed by atoms with E-state index < -0.39 is 5.56 Å². The first-order valence-electron chi connectivity index (χ1n) is 8.36. The molecule has 0 aliphatic heterocycles. The largest absolute Gasteiger partial charge is 0.463 e. The monoisotopic (exact) mass is 328 g/mol. The summed E-state index contributed by atoms with van der Waals surface area (Å²) in [5, 5.41) is 12.6. The Hall–Kier alpha value is -2.34. The molecule has 0 radical (unpaired) electrons. The Morgan fingerprint density at radius 3 is 2.83 bits per heavy atom. The van der Waals surface area contributed by atoms with E-state index in [0.29, 0.717) is 23.3 Å². The van der Waals surface area contributed by atoms with E-state index >= 15 is 0 Å². The van der Waals surface area contributed by atoms with Crippen LogP contribution in [0.5, 0.6) is 0 Å². The van der Waals surface area contributed by atoms with E-state index in [4.69, 9.17) is 4.42 Å². The zero-order valence-electron chi connectivity index (χ0n) is 13.2. The Balaban J connectivity index is 1.54. The van der Waals surface area contributed by atoms with Gasteiger partial charge >= 0.3 is 0 Å². The number of carbonyl (C=O) groups is 1. The molecule has 0 saturated heterocycles. The van der Waals surface area contributed by atoms with E-state index in [1.807, 2.05) is 0 Å². The molecule has 3 N–H and O–H groups in total. The number of H-pyrrole nitrogens is 1. The number of nitrogens with one attached hydrogen (secondary N) is 2. The minimum absolute atomic E-state index is 0.0367. The highest BCUT2D eigenvalue weighted by molar-refractivity contribution is 5.94. The maximum Gasteiger partial charge on any atom is 0.261 e. The molecule has 2 bridgehead atoms. The number of pyridine rings is 1. The lowest BCUT2D eigenvalue weighted by Crippen LogP contribution is -2.46. The fourth-order valence-electron chi connectivity index (χ4n) is 4.36. The van der Waals surface area contributed by atoms with Crippen molar-refractivity contribution in [2.24, 2.45) is 17.8 Å². The summed E-state index contributed by atoms with van der Waals surface area (Å²) in [5.74, 6) is 1.18. The lowest BCUT2D eigenvalue weighted by Gasteiger charge is -2.30. The van der Waals surface area contributed by atoms with Crippen LogP contribution in [0.1, 0.15) is 29.6 Å². The number of aliphatic hydroxyl groups excluding tert-OH is 1. The SMILES string of the molecule is O=C(NC1C2CCC(C2)C1CO)c1ccc(-c2ccco2)[nH]c1=O. The number of aromatic amines is 1. The fraction of sp³-hybridized carbons (Fsp3) is 0.444. The van der Waals surface area contributed by atoms with Crippen LogP contribution in [0.3, 0.4) is 0 Å². The van der Waals surface area contributed by atoms with Crippen LogP contribution in [0.15, 0.2) is 39.7 Å². The Morgan fingerprint density at radius 2 is 2.12 bits per heavy atom. The molecule has 0 aromatic carbocycles. The smallest absolute Gasteiger partial charge is 0.261 e. The van der Waals surface area contributed by atoms with Crippen molar-refractivity contribution in [1.82, 2.24) is 10.3 Å². The molecule has 1 amide bonds. The standard InChI is InChI=1S/C18H20N2O4/c21-9-13-10-3-4-11(8-10)16(13)20-18(23)12-5-6-14(19-17(12)22)15-2-1-7-24-15/h1-2,5-7,10-11,13,16,21H,3-4,8-9H2,(H,19,22)(H,20,23). The van der Waals surface area contributed by atoms with E-state index in [1.54, 1.807) is 18.2 Å². The minimum Gasteiger partial charge on any atom is -0.463 e. The van der Waals surface area contributed by atoms with Crippen molar-refractivity contribution in [2.45, 2.75) is 25.3 Å². The Kier molecular flexibility index (Phi) is 3.76. The van der Waals surface area contributed by atoms with Crippen LogP contribution in [0.2, 0.25) is 0 Å². The van der Waals surface area contributed by atoms with Crippen LogP contribution in [0, 0.1) is 17.8 Å². The number of hydrogen-bond donors (Lipinski definition) is 3.